The minimum absolute atomic E-state index is 0.295. The van der Waals surface area contributed by atoms with Crippen LogP contribution in [0.25, 0.3) is 10.7 Å². The molecule has 0 saturated heterocycles. The van der Waals surface area contributed by atoms with Gasteiger partial charge in [-0.3, -0.25) is 4.98 Å². The van der Waals surface area contributed by atoms with Crippen LogP contribution in [-0.2, 0) is 6.54 Å². The van der Waals surface area contributed by atoms with E-state index in [4.69, 9.17) is 0 Å². The van der Waals surface area contributed by atoms with Gasteiger partial charge in [-0.05, 0) is 37.9 Å². The summed E-state index contributed by atoms with van der Waals surface area (Å²) in [6.07, 6.45) is 5.13. The van der Waals surface area contributed by atoms with Crippen molar-refractivity contribution >= 4 is 11.3 Å². The minimum atomic E-state index is -0.295. The summed E-state index contributed by atoms with van der Waals surface area (Å²) in [5.41, 5.74) is 1.53. The fourth-order valence-corrected chi connectivity index (χ4v) is 3.30. The highest BCUT2D eigenvalue weighted by Gasteiger charge is 2.30. The lowest BCUT2D eigenvalue weighted by Crippen LogP contribution is -2.13. The average molecular weight is 291 g/mol. The van der Waals surface area contributed by atoms with Gasteiger partial charge in [0.25, 0.3) is 0 Å². The minimum Gasteiger partial charge on any atom is -0.312 e. The van der Waals surface area contributed by atoms with Gasteiger partial charge >= 0.3 is 0 Å². The van der Waals surface area contributed by atoms with Gasteiger partial charge in [-0.2, -0.15) is 0 Å². The van der Waals surface area contributed by atoms with Crippen LogP contribution in [0.4, 0.5) is 4.39 Å². The van der Waals surface area contributed by atoms with Crippen molar-refractivity contribution < 1.29 is 4.39 Å². The molecule has 2 heterocycles. The first-order valence-corrected chi connectivity index (χ1v) is 7.92. The molecular weight excluding hydrogens is 273 g/mol. The molecule has 0 spiro atoms. The number of rotatable bonds is 6. The second-order valence-corrected chi connectivity index (χ2v) is 6.20. The van der Waals surface area contributed by atoms with Crippen LogP contribution in [0.2, 0.25) is 0 Å². The Morgan fingerprint density at radius 1 is 1.45 bits per heavy atom. The van der Waals surface area contributed by atoms with Crippen molar-refractivity contribution in [3.05, 3.63) is 34.7 Å². The highest BCUT2D eigenvalue weighted by Crippen LogP contribution is 2.44. The number of halogens is 1. The monoisotopic (exact) mass is 291 g/mol. The normalized spacial score (nSPS) is 14.7. The smallest absolute Gasteiger partial charge is 0.151 e. The van der Waals surface area contributed by atoms with Crippen LogP contribution in [0, 0.1) is 5.82 Å². The van der Waals surface area contributed by atoms with E-state index in [1.807, 2.05) is 0 Å². The standard InChI is InChI=1S/C15H18FN3S/c1-2-7-17-9-12-13(10-5-6-10)19-15(20-12)14-11(16)4-3-8-18-14/h3-4,8,10,17H,2,5-7,9H2,1H3. The SMILES string of the molecule is CCCNCc1sc(-c2ncccc2F)nc1C1CC1. The predicted octanol–water partition coefficient (Wildman–Crippen LogP) is 3.72. The Morgan fingerprint density at radius 3 is 3.00 bits per heavy atom. The second kappa shape index (κ2) is 5.97. The van der Waals surface area contributed by atoms with E-state index < -0.39 is 0 Å². The van der Waals surface area contributed by atoms with Gasteiger partial charge in [-0.25, -0.2) is 9.37 Å². The highest BCUT2D eigenvalue weighted by molar-refractivity contribution is 7.15. The molecule has 1 saturated carbocycles. The van der Waals surface area contributed by atoms with Gasteiger partial charge in [0.2, 0.25) is 0 Å². The zero-order valence-corrected chi connectivity index (χ0v) is 12.3. The van der Waals surface area contributed by atoms with Crippen molar-refractivity contribution in [2.24, 2.45) is 0 Å². The van der Waals surface area contributed by atoms with E-state index in [1.165, 1.54) is 23.8 Å². The molecular formula is C15H18FN3S. The van der Waals surface area contributed by atoms with Crippen molar-refractivity contribution in [1.29, 1.82) is 0 Å². The Balaban J connectivity index is 1.89. The molecule has 1 aliphatic carbocycles. The molecule has 0 atom stereocenters. The van der Waals surface area contributed by atoms with Crippen molar-refractivity contribution in [2.45, 2.75) is 38.6 Å². The third-order valence-corrected chi connectivity index (χ3v) is 4.44. The molecule has 3 rings (SSSR count). The molecule has 0 radical (unpaired) electrons. The van der Waals surface area contributed by atoms with E-state index in [-0.39, 0.29) is 5.82 Å². The molecule has 2 aromatic heterocycles. The zero-order chi connectivity index (χ0) is 13.9. The van der Waals surface area contributed by atoms with Crippen molar-refractivity contribution in [1.82, 2.24) is 15.3 Å². The van der Waals surface area contributed by atoms with Gasteiger partial charge < -0.3 is 5.32 Å². The maximum absolute atomic E-state index is 13.8. The Hall–Kier alpha value is -1.33. The number of hydrogen-bond acceptors (Lipinski definition) is 4. The van der Waals surface area contributed by atoms with E-state index in [1.54, 1.807) is 23.6 Å². The van der Waals surface area contributed by atoms with E-state index >= 15 is 0 Å². The summed E-state index contributed by atoms with van der Waals surface area (Å²) in [5.74, 6) is 0.280. The van der Waals surface area contributed by atoms with E-state index in [0.717, 1.165) is 25.2 Å². The second-order valence-electron chi connectivity index (χ2n) is 5.11. The topological polar surface area (TPSA) is 37.8 Å². The quantitative estimate of drug-likeness (QED) is 0.824. The van der Waals surface area contributed by atoms with Crippen LogP contribution < -0.4 is 5.32 Å². The molecule has 0 aliphatic heterocycles. The van der Waals surface area contributed by atoms with E-state index in [2.05, 4.69) is 22.2 Å². The molecule has 1 aliphatic rings. The number of nitrogens with one attached hydrogen (secondary N) is 1. The summed E-state index contributed by atoms with van der Waals surface area (Å²) in [7, 11) is 0. The number of pyridine rings is 1. The lowest BCUT2D eigenvalue weighted by atomic mass is 10.2. The maximum atomic E-state index is 13.8. The van der Waals surface area contributed by atoms with Crippen LogP contribution in [0.1, 0.15) is 42.7 Å². The van der Waals surface area contributed by atoms with Crippen molar-refractivity contribution in [3.8, 4) is 10.7 Å². The fourth-order valence-electron chi connectivity index (χ4n) is 2.19. The van der Waals surface area contributed by atoms with Gasteiger partial charge in [0.15, 0.2) is 5.82 Å². The molecule has 0 amide bonds. The zero-order valence-electron chi connectivity index (χ0n) is 11.5. The lowest BCUT2D eigenvalue weighted by Gasteiger charge is -2.01. The van der Waals surface area contributed by atoms with Crippen LogP contribution in [0.5, 0.6) is 0 Å². The number of nitrogens with zero attached hydrogens (tertiary/aromatic N) is 2. The molecule has 0 unspecified atom stereocenters. The molecule has 20 heavy (non-hydrogen) atoms. The van der Waals surface area contributed by atoms with Crippen LogP contribution >= 0.6 is 11.3 Å². The molecule has 3 nitrogen and oxygen atoms in total. The molecule has 1 N–H and O–H groups in total. The maximum Gasteiger partial charge on any atom is 0.151 e. The first kappa shape index (κ1) is 13.6. The molecule has 5 heteroatoms. The summed E-state index contributed by atoms with van der Waals surface area (Å²) >= 11 is 1.57. The number of hydrogen-bond donors (Lipinski definition) is 1. The van der Waals surface area contributed by atoms with Crippen LogP contribution in [0.15, 0.2) is 18.3 Å². The summed E-state index contributed by atoms with van der Waals surface area (Å²) in [6, 6.07) is 3.05. The lowest BCUT2D eigenvalue weighted by molar-refractivity contribution is 0.625. The number of aromatic nitrogens is 2. The summed E-state index contributed by atoms with van der Waals surface area (Å²) < 4.78 is 13.8. The largest absolute Gasteiger partial charge is 0.312 e. The number of thiazole rings is 1. The molecule has 1 fully saturated rings. The van der Waals surface area contributed by atoms with Gasteiger partial charge in [-0.1, -0.05) is 6.92 Å². The van der Waals surface area contributed by atoms with Gasteiger partial charge in [0.1, 0.15) is 10.7 Å². The average Bonchev–Trinajstić information content (AvgIpc) is 3.21. The third kappa shape index (κ3) is 2.88. The Bertz CT molecular complexity index is 593. The van der Waals surface area contributed by atoms with E-state index in [0.29, 0.717) is 16.6 Å². The summed E-state index contributed by atoms with van der Waals surface area (Å²) in [5, 5.41) is 4.12. The Kier molecular flexibility index (Phi) is 4.08. The molecule has 106 valence electrons. The predicted molar refractivity (Wildman–Crippen MR) is 79.3 cm³/mol. The van der Waals surface area contributed by atoms with Gasteiger partial charge in [-0.15, -0.1) is 11.3 Å². The van der Waals surface area contributed by atoms with Crippen molar-refractivity contribution in [2.75, 3.05) is 6.54 Å². The van der Waals surface area contributed by atoms with Crippen molar-refractivity contribution in [3.63, 3.8) is 0 Å². The van der Waals surface area contributed by atoms with Crippen LogP contribution in [0.3, 0.4) is 0 Å². The first-order valence-electron chi connectivity index (χ1n) is 7.10. The summed E-state index contributed by atoms with van der Waals surface area (Å²) in [4.78, 5) is 10.0. The Morgan fingerprint density at radius 2 is 2.30 bits per heavy atom. The highest BCUT2D eigenvalue weighted by atomic mass is 32.1. The molecule has 0 bridgehead atoms. The van der Waals surface area contributed by atoms with Gasteiger partial charge in [0.05, 0.1) is 5.69 Å². The third-order valence-electron chi connectivity index (χ3n) is 3.36. The van der Waals surface area contributed by atoms with E-state index in [9.17, 15) is 4.39 Å². The summed E-state index contributed by atoms with van der Waals surface area (Å²) in [6.45, 7) is 3.97. The Labute approximate surface area is 122 Å². The molecule has 0 aromatic carbocycles. The van der Waals surface area contributed by atoms with Crippen LogP contribution in [-0.4, -0.2) is 16.5 Å². The van der Waals surface area contributed by atoms with Gasteiger partial charge in [0, 0.05) is 23.5 Å². The fraction of sp³-hybridized carbons (Fsp3) is 0.467. The first-order chi connectivity index (χ1) is 9.79. The molecule has 2 aromatic rings.